The Labute approximate surface area is 150 Å². The SMILES string of the molecule is O=C(CSc1ccc2c(c1)CCC2)NCCSCc1cccs1. The Balaban J connectivity index is 1.30. The van der Waals surface area contributed by atoms with E-state index in [1.165, 1.54) is 40.2 Å². The van der Waals surface area contributed by atoms with E-state index in [9.17, 15) is 4.79 Å². The van der Waals surface area contributed by atoms with Gasteiger partial charge in [0.15, 0.2) is 0 Å². The lowest BCUT2D eigenvalue weighted by Crippen LogP contribution is -2.27. The maximum atomic E-state index is 11.9. The second-order valence-electron chi connectivity index (χ2n) is 5.55. The van der Waals surface area contributed by atoms with Crippen LogP contribution in [0.2, 0.25) is 0 Å². The molecule has 0 atom stereocenters. The van der Waals surface area contributed by atoms with Crippen molar-refractivity contribution in [1.82, 2.24) is 5.32 Å². The third-order valence-corrected chi connectivity index (χ3v) is 6.89. The zero-order valence-corrected chi connectivity index (χ0v) is 15.5. The summed E-state index contributed by atoms with van der Waals surface area (Å²) in [5, 5.41) is 5.11. The smallest absolute Gasteiger partial charge is 0.230 e. The molecule has 0 spiro atoms. The second kappa shape index (κ2) is 8.81. The highest BCUT2D eigenvalue weighted by Crippen LogP contribution is 2.27. The Morgan fingerprint density at radius 2 is 2.13 bits per heavy atom. The van der Waals surface area contributed by atoms with Crippen molar-refractivity contribution in [2.45, 2.75) is 29.9 Å². The van der Waals surface area contributed by atoms with Gasteiger partial charge in [-0.15, -0.1) is 23.1 Å². The number of rotatable bonds is 8. The van der Waals surface area contributed by atoms with Gasteiger partial charge in [-0.1, -0.05) is 12.1 Å². The highest BCUT2D eigenvalue weighted by atomic mass is 32.2. The van der Waals surface area contributed by atoms with Crippen molar-refractivity contribution in [2.75, 3.05) is 18.1 Å². The highest BCUT2D eigenvalue weighted by molar-refractivity contribution is 8.00. The summed E-state index contributed by atoms with van der Waals surface area (Å²) in [7, 11) is 0. The van der Waals surface area contributed by atoms with Crippen LogP contribution in [-0.4, -0.2) is 24.0 Å². The summed E-state index contributed by atoms with van der Waals surface area (Å²) in [5.74, 6) is 2.64. The molecule has 0 fully saturated rings. The van der Waals surface area contributed by atoms with Crippen LogP contribution in [0.3, 0.4) is 0 Å². The molecule has 3 rings (SSSR count). The summed E-state index contributed by atoms with van der Waals surface area (Å²) in [6.07, 6.45) is 3.67. The molecular formula is C18H21NOS3. The molecule has 1 aromatic heterocycles. The number of carbonyl (C=O) groups excluding carboxylic acids is 1. The topological polar surface area (TPSA) is 29.1 Å². The molecular weight excluding hydrogens is 342 g/mol. The number of thioether (sulfide) groups is 2. The first-order valence-corrected chi connectivity index (χ1v) is 10.9. The predicted molar refractivity (Wildman–Crippen MR) is 103 cm³/mol. The van der Waals surface area contributed by atoms with Crippen LogP contribution < -0.4 is 5.32 Å². The third kappa shape index (κ3) is 5.30. The van der Waals surface area contributed by atoms with Crippen molar-refractivity contribution < 1.29 is 4.79 Å². The first kappa shape index (κ1) is 16.9. The van der Waals surface area contributed by atoms with Crippen molar-refractivity contribution in [3.05, 3.63) is 51.7 Å². The van der Waals surface area contributed by atoms with E-state index >= 15 is 0 Å². The van der Waals surface area contributed by atoms with E-state index in [2.05, 4.69) is 41.0 Å². The van der Waals surface area contributed by atoms with Crippen molar-refractivity contribution >= 4 is 40.8 Å². The number of aryl methyl sites for hydroxylation is 2. The summed E-state index contributed by atoms with van der Waals surface area (Å²) in [6.45, 7) is 0.750. The van der Waals surface area contributed by atoms with Gasteiger partial charge in [0.05, 0.1) is 5.75 Å². The summed E-state index contributed by atoms with van der Waals surface area (Å²) in [6, 6.07) is 10.9. The van der Waals surface area contributed by atoms with Crippen LogP contribution in [0.1, 0.15) is 22.4 Å². The van der Waals surface area contributed by atoms with E-state index in [4.69, 9.17) is 0 Å². The molecule has 0 saturated heterocycles. The lowest BCUT2D eigenvalue weighted by Gasteiger charge is -2.06. The highest BCUT2D eigenvalue weighted by Gasteiger charge is 2.11. The van der Waals surface area contributed by atoms with Crippen molar-refractivity contribution in [2.24, 2.45) is 0 Å². The average Bonchev–Trinajstić information content (AvgIpc) is 3.23. The largest absolute Gasteiger partial charge is 0.355 e. The summed E-state index contributed by atoms with van der Waals surface area (Å²) in [4.78, 5) is 14.5. The van der Waals surface area contributed by atoms with Crippen LogP contribution in [-0.2, 0) is 23.4 Å². The number of carbonyl (C=O) groups is 1. The number of amides is 1. The molecule has 1 amide bonds. The molecule has 5 heteroatoms. The van der Waals surface area contributed by atoms with Gasteiger partial charge in [0.2, 0.25) is 5.91 Å². The zero-order chi connectivity index (χ0) is 15.9. The molecule has 1 aliphatic carbocycles. The molecule has 1 heterocycles. The minimum atomic E-state index is 0.132. The van der Waals surface area contributed by atoms with Crippen LogP contribution >= 0.6 is 34.9 Å². The van der Waals surface area contributed by atoms with Crippen LogP contribution in [0.5, 0.6) is 0 Å². The predicted octanol–water partition coefficient (Wildman–Crippen LogP) is 4.38. The summed E-state index contributed by atoms with van der Waals surface area (Å²) < 4.78 is 0. The molecule has 0 aliphatic heterocycles. The average molecular weight is 364 g/mol. The fourth-order valence-electron chi connectivity index (χ4n) is 2.67. The van der Waals surface area contributed by atoms with Gasteiger partial charge in [0, 0.05) is 27.8 Å². The van der Waals surface area contributed by atoms with Crippen LogP contribution in [0.15, 0.2) is 40.6 Å². The standard InChI is InChI=1S/C18H21NOS3/c20-18(19-8-10-21-12-17-5-2-9-22-17)13-23-16-7-6-14-3-1-4-15(14)11-16/h2,5-7,9,11H,1,3-4,8,10,12-13H2,(H,19,20). The van der Waals surface area contributed by atoms with Gasteiger partial charge in [0.25, 0.3) is 0 Å². The molecule has 0 saturated carbocycles. The molecule has 2 nitrogen and oxygen atoms in total. The number of thiophene rings is 1. The molecule has 122 valence electrons. The fraction of sp³-hybridized carbons (Fsp3) is 0.389. The summed E-state index contributed by atoms with van der Waals surface area (Å²) >= 11 is 5.30. The van der Waals surface area contributed by atoms with Gasteiger partial charge >= 0.3 is 0 Å². The maximum Gasteiger partial charge on any atom is 0.230 e. The molecule has 1 aliphatic rings. The van der Waals surface area contributed by atoms with Gasteiger partial charge in [0.1, 0.15) is 0 Å². The molecule has 2 aromatic rings. The van der Waals surface area contributed by atoms with E-state index in [-0.39, 0.29) is 5.91 Å². The Morgan fingerprint density at radius 3 is 3.00 bits per heavy atom. The maximum absolute atomic E-state index is 11.9. The van der Waals surface area contributed by atoms with E-state index in [0.29, 0.717) is 5.75 Å². The monoisotopic (exact) mass is 363 g/mol. The lowest BCUT2D eigenvalue weighted by atomic mass is 10.1. The molecule has 0 radical (unpaired) electrons. The van der Waals surface area contributed by atoms with E-state index in [0.717, 1.165) is 18.1 Å². The number of hydrogen-bond donors (Lipinski definition) is 1. The first-order valence-electron chi connectivity index (χ1n) is 7.93. The normalized spacial score (nSPS) is 13.0. The van der Waals surface area contributed by atoms with Gasteiger partial charge in [-0.2, -0.15) is 11.8 Å². The zero-order valence-electron chi connectivity index (χ0n) is 13.0. The van der Waals surface area contributed by atoms with Crippen molar-refractivity contribution in [3.63, 3.8) is 0 Å². The van der Waals surface area contributed by atoms with Gasteiger partial charge in [-0.3, -0.25) is 4.79 Å². The third-order valence-electron chi connectivity index (χ3n) is 3.83. The molecule has 0 unspecified atom stereocenters. The van der Waals surface area contributed by atoms with Crippen molar-refractivity contribution in [3.8, 4) is 0 Å². The van der Waals surface area contributed by atoms with Gasteiger partial charge in [-0.25, -0.2) is 0 Å². The van der Waals surface area contributed by atoms with Gasteiger partial charge in [-0.05, 0) is 54.0 Å². The Kier molecular flexibility index (Phi) is 6.48. The molecule has 1 aromatic carbocycles. The van der Waals surface area contributed by atoms with Crippen LogP contribution in [0.4, 0.5) is 0 Å². The summed E-state index contributed by atoms with van der Waals surface area (Å²) in [5.41, 5.74) is 2.96. The van der Waals surface area contributed by atoms with E-state index < -0.39 is 0 Å². The van der Waals surface area contributed by atoms with Gasteiger partial charge < -0.3 is 5.32 Å². The Hall–Kier alpha value is -0.910. The second-order valence-corrected chi connectivity index (χ2v) is 8.74. The minimum absolute atomic E-state index is 0.132. The molecule has 0 bridgehead atoms. The molecule has 23 heavy (non-hydrogen) atoms. The number of hydrogen-bond acceptors (Lipinski definition) is 4. The lowest BCUT2D eigenvalue weighted by molar-refractivity contribution is -0.118. The fourth-order valence-corrected chi connectivity index (χ4v) is 5.16. The van der Waals surface area contributed by atoms with Crippen LogP contribution in [0, 0.1) is 0 Å². The Bertz CT molecular complexity index is 640. The minimum Gasteiger partial charge on any atom is -0.355 e. The molecule has 1 N–H and O–H groups in total. The van der Waals surface area contributed by atoms with E-state index in [1.807, 2.05) is 11.8 Å². The number of fused-ring (bicyclic) bond motifs is 1. The quantitative estimate of drug-likeness (QED) is 0.557. The van der Waals surface area contributed by atoms with E-state index in [1.54, 1.807) is 23.1 Å². The van der Waals surface area contributed by atoms with Crippen LogP contribution in [0.25, 0.3) is 0 Å². The van der Waals surface area contributed by atoms with Crippen molar-refractivity contribution in [1.29, 1.82) is 0 Å². The number of nitrogens with one attached hydrogen (secondary N) is 1. The Morgan fingerprint density at radius 1 is 1.22 bits per heavy atom. The number of benzene rings is 1. The first-order chi connectivity index (χ1) is 11.3.